The van der Waals surface area contributed by atoms with E-state index < -0.39 is 17.7 Å². The Kier molecular flexibility index (Phi) is 8.29. The number of anilines is 1. The van der Waals surface area contributed by atoms with E-state index in [0.29, 0.717) is 36.6 Å². The van der Waals surface area contributed by atoms with Crippen molar-refractivity contribution in [3.8, 4) is 17.1 Å². The number of carbonyl (C=O) groups excluding carboxylic acids is 1. The van der Waals surface area contributed by atoms with Crippen LogP contribution in [0, 0.1) is 11.6 Å². The molecular weight excluding hydrogens is 492 g/mol. The van der Waals surface area contributed by atoms with E-state index in [9.17, 15) is 13.6 Å². The number of aromatic nitrogens is 2. The molecule has 1 aliphatic rings. The Morgan fingerprint density at radius 1 is 1.19 bits per heavy atom. The summed E-state index contributed by atoms with van der Waals surface area (Å²) in [5, 5.41) is 2.55. The fourth-order valence-electron chi connectivity index (χ4n) is 3.80. The normalized spacial score (nSPS) is 14.9. The number of morpholine rings is 1. The summed E-state index contributed by atoms with van der Waals surface area (Å²) in [6.45, 7) is 5.96. The van der Waals surface area contributed by atoms with Crippen molar-refractivity contribution in [3.63, 3.8) is 0 Å². The van der Waals surface area contributed by atoms with Gasteiger partial charge in [0.25, 0.3) is 11.8 Å². The molecule has 4 rings (SSSR count). The van der Waals surface area contributed by atoms with Crippen LogP contribution in [0.25, 0.3) is 11.3 Å². The Bertz CT molecular complexity index is 1220. The molecule has 1 saturated heterocycles. The number of ether oxygens (including phenoxy) is 2. The summed E-state index contributed by atoms with van der Waals surface area (Å²) in [5.41, 5.74) is 7.35. The summed E-state index contributed by atoms with van der Waals surface area (Å²) in [6.07, 6.45) is 0.476. The SMILES string of the molecule is CC(Oc1nc(-c2ccc(C(=O)NCCN3CCOCC3)cc2)cnc1N)c1c(F)ccc(F)c1Cl. The quantitative estimate of drug-likeness (QED) is 0.437. The lowest BCUT2D eigenvalue weighted by Gasteiger charge is -2.26. The van der Waals surface area contributed by atoms with Crippen molar-refractivity contribution in [3.05, 3.63) is 70.4 Å². The van der Waals surface area contributed by atoms with Crippen molar-refractivity contribution < 1.29 is 23.0 Å². The van der Waals surface area contributed by atoms with Gasteiger partial charge in [-0.3, -0.25) is 9.69 Å². The predicted octanol–water partition coefficient (Wildman–Crippen LogP) is 3.86. The first-order chi connectivity index (χ1) is 17.3. The smallest absolute Gasteiger partial charge is 0.258 e. The Morgan fingerprint density at radius 2 is 1.89 bits per heavy atom. The van der Waals surface area contributed by atoms with E-state index in [0.717, 1.165) is 31.8 Å². The lowest BCUT2D eigenvalue weighted by molar-refractivity contribution is 0.0383. The molecule has 11 heteroatoms. The first-order valence-electron chi connectivity index (χ1n) is 11.4. The number of nitrogens with two attached hydrogens (primary N) is 1. The molecular formula is C25H26ClF2N5O3. The average Bonchev–Trinajstić information content (AvgIpc) is 2.88. The molecule has 0 spiro atoms. The largest absolute Gasteiger partial charge is 0.467 e. The fraction of sp³-hybridized carbons (Fsp3) is 0.320. The molecule has 3 N–H and O–H groups in total. The molecule has 3 aromatic rings. The number of rotatable bonds is 8. The molecule has 2 heterocycles. The van der Waals surface area contributed by atoms with E-state index in [1.165, 1.54) is 13.1 Å². The van der Waals surface area contributed by atoms with Gasteiger partial charge in [-0.15, -0.1) is 0 Å². The van der Waals surface area contributed by atoms with Crippen molar-refractivity contribution in [2.45, 2.75) is 13.0 Å². The van der Waals surface area contributed by atoms with E-state index in [-0.39, 0.29) is 28.2 Å². The van der Waals surface area contributed by atoms with Crippen LogP contribution in [0.15, 0.2) is 42.6 Å². The maximum atomic E-state index is 14.3. The minimum atomic E-state index is -0.983. The van der Waals surface area contributed by atoms with Gasteiger partial charge in [0, 0.05) is 42.9 Å². The summed E-state index contributed by atoms with van der Waals surface area (Å²) in [6, 6.07) is 8.74. The van der Waals surface area contributed by atoms with Gasteiger partial charge >= 0.3 is 0 Å². The molecule has 8 nitrogen and oxygen atoms in total. The van der Waals surface area contributed by atoms with E-state index in [1.807, 2.05) is 0 Å². The Hall–Kier alpha value is -3.34. The predicted molar refractivity (Wildman–Crippen MR) is 132 cm³/mol. The van der Waals surface area contributed by atoms with Crippen LogP contribution in [-0.2, 0) is 4.74 Å². The van der Waals surface area contributed by atoms with E-state index in [4.69, 9.17) is 26.8 Å². The number of benzene rings is 2. The van der Waals surface area contributed by atoms with E-state index >= 15 is 0 Å². The van der Waals surface area contributed by atoms with Gasteiger partial charge in [-0.2, -0.15) is 0 Å². The highest BCUT2D eigenvalue weighted by molar-refractivity contribution is 6.31. The summed E-state index contributed by atoms with van der Waals surface area (Å²) in [4.78, 5) is 23.2. The molecule has 1 amide bonds. The van der Waals surface area contributed by atoms with Gasteiger partial charge in [-0.05, 0) is 31.2 Å². The van der Waals surface area contributed by atoms with Gasteiger partial charge < -0.3 is 20.5 Å². The molecule has 1 fully saturated rings. The minimum absolute atomic E-state index is 0.0187. The number of nitrogen functional groups attached to an aromatic ring is 1. The molecule has 36 heavy (non-hydrogen) atoms. The van der Waals surface area contributed by atoms with Crippen molar-refractivity contribution in [1.29, 1.82) is 0 Å². The molecule has 2 aromatic carbocycles. The van der Waals surface area contributed by atoms with E-state index in [2.05, 4.69) is 20.2 Å². The lowest BCUT2D eigenvalue weighted by Crippen LogP contribution is -2.41. The monoisotopic (exact) mass is 517 g/mol. The molecule has 1 aliphatic heterocycles. The van der Waals surface area contributed by atoms with Crippen LogP contribution in [-0.4, -0.2) is 60.2 Å². The van der Waals surface area contributed by atoms with Crippen molar-refractivity contribution in [1.82, 2.24) is 20.2 Å². The zero-order chi connectivity index (χ0) is 25.7. The highest BCUT2D eigenvalue weighted by Gasteiger charge is 2.22. The van der Waals surface area contributed by atoms with Crippen LogP contribution in [0.1, 0.15) is 28.9 Å². The fourth-order valence-corrected chi connectivity index (χ4v) is 4.10. The standard InChI is InChI=1S/C25H26ClF2N5O3/c1-15(21-18(27)6-7-19(28)22(21)26)36-25-23(29)31-14-20(32-25)16-2-4-17(5-3-16)24(34)30-8-9-33-10-12-35-13-11-33/h2-7,14-15H,8-13H2,1H3,(H2,29,31)(H,30,34). The van der Waals surface area contributed by atoms with Gasteiger partial charge in [-0.1, -0.05) is 23.7 Å². The minimum Gasteiger partial charge on any atom is -0.467 e. The van der Waals surface area contributed by atoms with Crippen LogP contribution in [0.5, 0.6) is 5.88 Å². The Labute approximate surface area is 212 Å². The second-order valence-corrected chi connectivity index (χ2v) is 8.63. The Morgan fingerprint density at radius 3 is 2.61 bits per heavy atom. The number of halogens is 3. The van der Waals surface area contributed by atoms with Gasteiger partial charge in [0.15, 0.2) is 5.82 Å². The zero-order valence-electron chi connectivity index (χ0n) is 19.6. The van der Waals surface area contributed by atoms with Crippen molar-refractivity contribution in [2.75, 3.05) is 45.1 Å². The summed E-state index contributed by atoms with van der Waals surface area (Å²) >= 11 is 5.94. The molecule has 0 saturated carbocycles. The lowest BCUT2D eigenvalue weighted by atomic mass is 10.1. The summed E-state index contributed by atoms with van der Waals surface area (Å²) in [5.74, 6) is -1.72. The molecule has 1 aromatic heterocycles. The average molecular weight is 518 g/mol. The second kappa shape index (κ2) is 11.6. The molecule has 190 valence electrons. The van der Waals surface area contributed by atoms with Crippen LogP contribution in [0.4, 0.5) is 14.6 Å². The van der Waals surface area contributed by atoms with Crippen LogP contribution >= 0.6 is 11.6 Å². The van der Waals surface area contributed by atoms with Crippen molar-refractivity contribution >= 4 is 23.3 Å². The summed E-state index contributed by atoms with van der Waals surface area (Å²) in [7, 11) is 0. The van der Waals surface area contributed by atoms with Crippen LogP contribution in [0.3, 0.4) is 0 Å². The van der Waals surface area contributed by atoms with Gasteiger partial charge in [0.2, 0.25) is 0 Å². The van der Waals surface area contributed by atoms with Gasteiger partial charge in [-0.25, -0.2) is 18.7 Å². The molecule has 1 atom stereocenters. The van der Waals surface area contributed by atoms with Gasteiger partial charge in [0.05, 0.1) is 30.1 Å². The second-order valence-electron chi connectivity index (χ2n) is 8.25. The third kappa shape index (κ3) is 6.07. The first-order valence-corrected chi connectivity index (χ1v) is 11.8. The zero-order valence-corrected chi connectivity index (χ0v) is 20.4. The number of nitrogens with zero attached hydrogens (tertiary/aromatic N) is 3. The summed E-state index contributed by atoms with van der Waals surface area (Å²) < 4.78 is 39.1. The molecule has 0 aliphatic carbocycles. The number of carbonyl (C=O) groups is 1. The molecule has 1 unspecified atom stereocenters. The highest BCUT2D eigenvalue weighted by Crippen LogP contribution is 2.33. The van der Waals surface area contributed by atoms with Crippen LogP contribution < -0.4 is 15.8 Å². The number of nitrogens with one attached hydrogen (secondary N) is 1. The maximum absolute atomic E-state index is 14.3. The topological polar surface area (TPSA) is 103 Å². The molecule has 0 radical (unpaired) electrons. The number of amides is 1. The third-order valence-electron chi connectivity index (χ3n) is 5.80. The van der Waals surface area contributed by atoms with Gasteiger partial charge in [0.1, 0.15) is 17.7 Å². The number of hydrogen-bond acceptors (Lipinski definition) is 7. The Balaban J connectivity index is 1.42. The van der Waals surface area contributed by atoms with E-state index in [1.54, 1.807) is 24.3 Å². The maximum Gasteiger partial charge on any atom is 0.258 e. The highest BCUT2D eigenvalue weighted by atomic mass is 35.5. The number of hydrogen-bond donors (Lipinski definition) is 2. The van der Waals surface area contributed by atoms with Crippen LogP contribution in [0.2, 0.25) is 5.02 Å². The third-order valence-corrected chi connectivity index (χ3v) is 6.19. The molecule has 0 bridgehead atoms. The van der Waals surface area contributed by atoms with Crippen molar-refractivity contribution in [2.24, 2.45) is 0 Å². The first kappa shape index (κ1) is 25.7.